The number of benzene rings is 1. The minimum absolute atomic E-state index is 0. The van der Waals surface area contributed by atoms with Crippen molar-refractivity contribution in [1.82, 2.24) is 5.32 Å². The molecule has 6 heteroatoms. The lowest BCUT2D eigenvalue weighted by Crippen LogP contribution is -2.29. The molecule has 0 saturated heterocycles. The first-order valence-electron chi connectivity index (χ1n) is 5.77. The van der Waals surface area contributed by atoms with E-state index in [4.69, 9.17) is 5.73 Å². The highest BCUT2D eigenvalue weighted by Gasteiger charge is 2.11. The fraction of sp³-hybridized carbons (Fsp3) is 0.385. The fourth-order valence-electron chi connectivity index (χ4n) is 1.50. The van der Waals surface area contributed by atoms with Crippen LogP contribution in [-0.4, -0.2) is 25.5 Å². The fourth-order valence-corrected chi connectivity index (χ4v) is 1.50. The Morgan fingerprint density at radius 1 is 1.32 bits per heavy atom. The van der Waals surface area contributed by atoms with Gasteiger partial charge in [0.2, 0.25) is 5.91 Å². The highest BCUT2D eigenvalue weighted by molar-refractivity contribution is 5.85. The molecule has 1 atom stereocenters. The zero-order valence-electron chi connectivity index (χ0n) is 10.8. The summed E-state index contributed by atoms with van der Waals surface area (Å²) in [6.07, 6.45) is 0.369. The first-order valence-corrected chi connectivity index (χ1v) is 5.77. The molecular formula is C13H19ClN2O3. The van der Waals surface area contributed by atoms with Crippen LogP contribution in [0.4, 0.5) is 0 Å². The van der Waals surface area contributed by atoms with E-state index in [0.717, 1.165) is 5.56 Å². The zero-order valence-corrected chi connectivity index (χ0v) is 11.6. The van der Waals surface area contributed by atoms with Crippen molar-refractivity contribution in [3.63, 3.8) is 0 Å². The normalized spacial score (nSPS) is 11.1. The second-order valence-electron chi connectivity index (χ2n) is 3.90. The van der Waals surface area contributed by atoms with Gasteiger partial charge in [-0.2, -0.15) is 0 Å². The van der Waals surface area contributed by atoms with E-state index in [1.807, 2.05) is 30.3 Å². The molecule has 5 nitrogen and oxygen atoms in total. The molecule has 19 heavy (non-hydrogen) atoms. The Hall–Kier alpha value is -1.59. The number of carbonyl (C=O) groups is 2. The molecule has 0 heterocycles. The summed E-state index contributed by atoms with van der Waals surface area (Å²) in [6, 6.07) is 9.09. The van der Waals surface area contributed by atoms with Gasteiger partial charge in [0, 0.05) is 19.0 Å². The van der Waals surface area contributed by atoms with E-state index in [0.29, 0.717) is 0 Å². The third kappa shape index (κ3) is 6.79. The maximum Gasteiger partial charge on any atom is 0.307 e. The average Bonchev–Trinajstić information content (AvgIpc) is 2.39. The van der Waals surface area contributed by atoms with Crippen molar-refractivity contribution in [2.24, 2.45) is 5.73 Å². The molecule has 0 aliphatic heterocycles. The molecular weight excluding hydrogens is 268 g/mol. The number of amides is 1. The minimum atomic E-state index is -0.345. The number of nitrogens with one attached hydrogen (secondary N) is 1. The zero-order chi connectivity index (χ0) is 13.4. The van der Waals surface area contributed by atoms with Gasteiger partial charge in [-0.05, 0) is 5.56 Å². The van der Waals surface area contributed by atoms with Crippen LogP contribution >= 0.6 is 12.4 Å². The van der Waals surface area contributed by atoms with Crippen LogP contribution in [0.25, 0.3) is 0 Å². The molecule has 0 aromatic heterocycles. The number of hydrogen-bond acceptors (Lipinski definition) is 4. The van der Waals surface area contributed by atoms with Gasteiger partial charge in [0.25, 0.3) is 0 Å². The molecule has 1 amide bonds. The monoisotopic (exact) mass is 286 g/mol. The smallest absolute Gasteiger partial charge is 0.307 e. The van der Waals surface area contributed by atoms with E-state index in [9.17, 15) is 9.59 Å². The van der Waals surface area contributed by atoms with Gasteiger partial charge in [-0.25, -0.2) is 0 Å². The second kappa shape index (κ2) is 9.35. The van der Waals surface area contributed by atoms with Gasteiger partial charge >= 0.3 is 5.97 Å². The Balaban J connectivity index is 0.00000324. The van der Waals surface area contributed by atoms with Crippen LogP contribution in [0.3, 0.4) is 0 Å². The summed E-state index contributed by atoms with van der Waals surface area (Å²) < 4.78 is 4.47. The van der Waals surface area contributed by atoms with E-state index >= 15 is 0 Å². The van der Waals surface area contributed by atoms with Crippen LogP contribution in [0.15, 0.2) is 30.3 Å². The molecule has 1 rings (SSSR count). The maximum absolute atomic E-state index is 11.6. The Kier molecular flexibility index (Phi) is 8.57. The molecule has 0 radical (unpaired) electrons. The molecule has 0 aliphatic rings. The lowest BCUT2D eigenvalue weighted by Gasteiger charge is -2.11. The summed E-state index contributed by atoms with van der Waals surface area (Å²) in [7, 11) is 1.31. The number of halogens is 1. The molecule has 0 spiro atoms. The number of rotatable bonds is 6. The van der Waals surface area contributed by atoms with Crippen LogP contribution in [0.1, 0.15) is 24.4 Å². The third-order valence-electron chi connectivity index (χ3n) is 2.51. The van der Waals surface area contributed by atoms with Crippen LogP contribution in [0, 0.1) is 0 Å². The van der Waals surface area contributed by atoms with Crippen molar-refractivity contribution in [3.8, 4) is 0 Å². The second-order valence-corrected chi connectivity index (χ2v) is 3.90. The van der Waals surface area contributed by atoms with Gasteiger partial charge in [-0.1, -0.05) is 30.3 Å². The number of carbonyl (C=O) groups excluding carboxylic acids is 2. The topological polar surface area (TPSA) is 81.4 Å². The van der Waals surface area contributed by atoms with Gasteiger partial charge in [0.05, 0.1) is 13.5 Å². The summed E-state index contributed by atoms with van der Waals surface area (Å²) >= 11 is 0. The predicted octanol–water partition coefficient (Wildman–Crippen LogP) is 1.18. The van der Waals surface area contributed by atoms with E-state index in [1.165, 1.54) is 7.11 Å². The molecule has 1 unspecified atom stereocenters. The van der Waals surface area contributed by atoms with Crippen LogP contribution in [0.2, 0.25) is 0 Å². The highest BCUT2D eigenvalue weighted by atomic mass is 35.5. The van der Waals surface area contributed by atoms with E-state index in [1.54, 1.807) is 0 Å². The largest absolute Gasteiger partial charge is 0.469 e. The number of esters is 1. The van der Waals surface area contributed by atoms with E-state index < -0.39 is 0 Å². The number of ether oxygens (including phenoxy) is 1. The number of nitrogens with two attached hydrogens (primary N) is 1. The van der Waals surface area contributed by atoms with Gasteiger partial charge in [-0.15, -0.1) is 12.4 Å². The summed E-state index contributed by atoms with van der Waals surface area (Å²) in [4.78, 5) is 22.4. The Labute approximate surface area is 118 Å². The molecule has 0 fully saturated rings. The number of hydrogen-bond donors (Lipinski definition) is 2. The maximum atomic E-state index is 11.6. The van der Waals surface area contributed by atoms with Gasteiger partial charge < -0.3 is 15.8 Å². The van der Waals surface area contributed by atoms with Crippen molar-refractivity contribution in [2.45, 2.75) is 18.9 Å². The standard InChI is InChI=1S/C13H18N2O3.ClH/c1-18-13(17)7-8-15-12(16)9-11(14)10-5-3-2-4-6-10;/h2-6,11H,7-9,14H2,1H3,(H,15,16);1H. The van der Waals surface area contributed by atoms with E-state index in [-0.39, 0.29) is 49.7 Å². The van der Waals surface area contributed by atoms with Crippen molar-refractivity contribution in [2.75, 3.05) is 13.7 Å². The molecule has 0 saturated carbocycles. The van der Waals surface area contributed by atoms with Crippen molar-refractivity contribution < 1.29 is 14.3 Å². The number of methoxy groups -OCH3 is 1. The quantitative estimate of drug-likeness (QED) is 0.770. The Morgan fingerprint density at radius 3 is 2.53 bits per heavy atom. The van der Waals surface area contributed by atoms with Crippen LogP contribution < -0.4 is 11.1 Å². The molecule has 0 aliphatic carbocycles. The average molecular weight is 287 g/mol. The predicted molar refractivity (Wildman–Crippen MR) is 74.9 cm³/mol. The van der Waals surface area contributed by atoms with Gasteiger partial charge in [0.1, 0.15) is 0 Å². The molecule has 0 bridgehead atoms. The van der Waals surface area contributed by atoms with Crippen molar-refractivity contribution >= 4 is 24.3 Å². The summed E-state index contributed by atoms with van der Waals surface area (Å²) in [6.45, 7) is 0.271. The van der Waals surface area contributed by atoms with Crippen molar-refractivity contribution in [3.05, 3.63) is 35.9 Å². The van der Waals surface area contributed by atoms with Crippen LogP contribution in [0.5, 0.6) is 0 Å². The summed E-state index contributed by atoms with van der Waals surface area (Å²) in [5.41, 5.74) is 6.82. The molecule has 106 valence electrons. The lowest BCUT2D eigenvalue weighted by atomic mass is 10.0. The Bertz CT molecular complexity index is 398. The lowest BCUT2D eigenvalue weighted by molar-refractivity contribution is -0.140. The van der Waals surface area contributed by atoms with Crippen LogP contribution in [-0.2, 0) is 14.3 Å². The summed E-state index contributed by atoms with van der Waals surface area (Å²) in [5, 5.41) is 2.63. The van der Waals surface area contributed by atoms with Gasteiger partial charge in [-0.3, -0.25) is 9.59 Å². The van der Waals surface area contributed by atoms with Gasteiger partial charge in [0.15, 0.2) is 0 Å². The minimum Gasteiger partial charge on any atom is -0.469 e. The molecule has 1 aromatic rings. The first kappa shape index (κ1) is 17.4. The first-order chi connectivity index (χ1) is 8.63. The molecule has 1 aromatic carbocycles. The summed E-state index contributed by atoms with van der Waals surface area (Å²) in [5.74, 6) is -0.516. The van der Waals surface area contributed by atoms with E-state index in [2.05, 4.69) is 10.1 Å². The van der Waals surface area contributed by atoms with Crippen molar-refractivity contribution in [1.29, 1.82) is 0 Å². The third-order valence-corrected chi connectivity index (χ3v) is 2.51. The molecule has 3 N–H and O–H groups in total. The Morgan fingerprint density at radius 2 is 1.95 bits per heavy atom. The highest BCUT2D eigenvalue weighted by Crippen LogP contribution is 2.12. The SMILES string of the molecule is COC(=O)CCNC(=O)CC(N)c1ccccc1.Cl.